The fourth-order valence-corrected chi connectivity index (χ4v) is 4.67. The van der Waals surface area contributed by atoms with E-state index in [1.165, 1.54) is 7.11 Å². The largest absolute Gasteiger partial charge is 0.497 e. The number of ether oxygens (including phenoxy) is 2. The van der Waals surface area contributed by atoms with Crippen molar-refractivity contribution in [3.63, 3.8) is 0 Å². The topological polar surface area (TPSA) is 93.2 Å². The van der Waals surface area contributed by atoms with E-state index in [-0.39, 0.29) is 29.1 Å². The molecule has 2 heterocycles. The van der Waals surface area contributed by atoms with Crippen molar-refractivity contribution in [1.29, 1.82) is 0 Å². The number of carbonyl (C=O) groups excluding carboxylic acids is 4. The molecule has 2 aliphatic rings. The molecule has 1 atom stereocenters. The smallest absolute Gasteiger partial charge is 0.347 e. The molecule has 5 rings (SSSR count). The van der Waals surface area contributed by atoms with Crippen LogP contribution in [0.5, 0.6) is 5.75 Å². The van der Waals surface area contributed by atoms with E-state index in [1.807, 2.05) is 0 Å². The Morgan fingerprint density at radius 1 is 0.861 bits per heavy atom. The highest BCUT2D eigenvalue weighted by atomic mass is 16.5. The second kappa shape index (κ2) is 8.81. The van der Waals surface area contributed by atoms with Crippen molar-refractivity contribution < 1.29 is 28.7 Å². The number of rotatable bonds is 7. The number of hydrogen-bond acceptors (Lipinski definition) is 6. The molecule has 8 heteroatoms. The van der Waals surface area contributed by atoms with Crippen LogP contribution in [0.1, 0.15) is 22.8 Å². The number of para-hydroxylation sites is 1. The van der Waals surface area contributed by atoms with Crippen LogP contribution in [0.15, 0.2) is 90.6 Å². The van der Waals surface area contributed by atoms with E-state index in [1.54, 1.807) is 91.9 Å². The van der Waals surface area contributed by atoms with E-state index in [9.17, 15) is 19.2 Å². The van der Waals surface area contributed by atoms with Gasteiger partial charge in [0.15, 0.2) is 0 Å². The number of methoxy groups -OCH3 is 1. The summed E-state index contributed by atoms with van der Waals surface area (Å²) in [5, 5.41) is 0. The zero-order valence-corrected chi connectivity index (χ0v) is 19.6. The minimum Gasteiger partial charge on any atom is -0.497 e. The van der Waals surface area contributed by atoms with Gasteiger partial charge in [-0.25, -0.2) is 14.5 Å². The molecule has 0 aliphatic carbocycles. The molecule has 0 saturated carbocycles. The lowest BCUT2D eigenvalue weighted by Gasteiger charge is -2.45. The van der Waals surface area contributed by atoms with Gasteiger partial charge in [-0.1, -0.05) is 48.5 Å². The van der Waals surface area contributed by atoms with Crippen molar-refractivity contribution in [1.82, 2.24) is 4.90 Å². The molecular formula is C28H22N2O6. The number of hydrogen-bond donors (Lipinski definition) is 0. The summed E-state index contributed by atoms with van der Waals surface area (Å²) in [6, 6.07) is 22.5. The summed E-state index contributed by atoms with van der Waals surface area (Å²) >= 11 is 0. The van der Waals surface area contributed by atoms with Gasteiger partial charge in [-0.2, -0.15) is 0 Å². The molecule has 180 valence electrons. The number of carbonyl (C=O) groups is 4. The van der Waals surface area contributed by atoms with Gasteiger partial charge in [-0.05, 0) is 48.9 Å². The van der Waals surface area contributed by atoms with Gasteiger partial charge in [-0.15, -0.1) is 0 Å². The highest BCUT2D eigenvalue weighted by molar-refractivity contribution is 6.42. The van der Waals surface area contributed by atoms with Gasteiger partial charge >= 0.3 is 12.0 Å². The first-order valence-electron chi connectivity index (χ1n) is 11.4. The van der Waals surface area contributed by atoms with Crippen LogP contribution in [-0.2, 0) is 14.3 Å². The van der Waals surface area contributed by atoms with Crippen LogP contribution < -0.4 is 9.64 Å². The molecule has 0 radical (unpaired) electrons. The minimum absolute atomic E-state index is 0.00887. The zero-order valence-electron chi connectivity index (χ0n) is 19.6. The van der Waals surface area contributed by atoms with Crippen LogP contribution >= 0.6 is 0 Å². The number of Topliss-reactive ketones (excluding diaryl/α,β-unsaturated/α-hetero) is 1. The minimum atomic E-state index is -2.11. The Kier molecular flexibility index (Phi) is 5.64. The van der Waals surface area contributed by atoms with E-state index in [0.29, 0.717) is 11.3 Å². The van der Waals surface area contributed by atoms with Crippen LogP contribution in [0, 0.1) is 0 Å². The number of urea groups is 1. The highest BCUT2D eigenvalue weighted by Crippen LogP contribution is 2.54. The number of imide groups is 1. The summed E-state index contributed by atoms with van der Waals surface area (Å²) in [6.45, 7) is 1.61. The van der Waals surface area contributed by atoms with Crippen LogP contribution in [0.4, 0.5) is 10.5 Å². The summed E-state index contributed by atoms with van der Waals surface area (Å²) in [5.41, 5.74) is -0.990. The number of nitrogens with zero attached hydrogens (tertiary/aromatic N) is 2. The predicted octanol–water partition coefficient (Wildman–Crippen LogP) is 4.07. The first kappa shape index (κ1) is 23.0. The maximum Gasteiger partial charge on any atom is 0.347 e. The molecule has 1 fully saturated rings. The molecule has 8 nitrogen and oxygen atoms in total. The fraction of sp³-hybridized carbons (Fsp3) is 0.143. The predicted molar refractivity (Wildman–Crippen MR) is 131 cm³/mol. The van der Waals surface area contributed by atoms with Crippen LogP contribution in [-0.4, -0.2) is 47.8 Å². The number of esters is 1. The Bertz CT molecular complexity index is 1400. The molecular weight excluding hydrogens is 460 g/mol. The van der Waals surface area contributed by atoms with Crippen molar-refractivity contribution >= 4 is 35.0 Å². The Balaban J connectivity index is 1.75. The summed E-state index contributed by atoms with van der Waals surface area (Å²) in [6.07, 6.45) is 0. The average Bonchev–Trinajstić information content (AvgIpc) is 3.08. The van der Waals surface area contributed by atoms with Gasteiger partial charge in [-0.3, -0.25) is 14.5 Å². The maximum absolute atomic E-state index is 14.0. The van der Waals surface area contributed by atoms with E-state index in [4.69, 9.17) is 9.47 Å². The second-order valence-corrected chi connectivity index (χ2v) is 8.17. The average molecular weight is 482 g/mol. The number of fused-ring (bicyclic) bond motifs is 1. The molecule has 1 unspecified atom stereocenters. The van der Waals surface area contributed by atoms with E-state index in [2.05, 4.69) is 0 Å². The van der Waals surface area contributed by atoms with Crippen LogP contribution in [0.2, 0.25) is 0 Å². The molecule has 0 aromatic heterocycles. The monoisotopic (exact) mass is 482 g/mol. The van der Waals surface area contributed by atoms with Crippen LogP contribution in [0.25, 0.3) is 5.57 Å². The zero-order chi connectivity index (χ0) is 25.4. The van der Waals surface area contributed by atoms with Gasteiger partial charge in [0.1, 0.15) is 11.4 Å². The molecule has 0 spiro atoms. The Morgan fingerprint density at radius 2 is 1.47 bits per heavy atom. The Labute approximate surface area is 207 Å². The molecule has 3 aromatic carbocycles. The molecule has 2 aliphatic heterocycles. The maximum atomic E-state index is 14.0. The first-order chi connectivity index (χ1) is 17.5. The van der Waals surface area contributed by atoms with Crippen molar-refractivity contribution in [2.24, 2.45) is 0 Å². The number of allylic oxidation sites excluding steroid dienone is 1. The van der Waals surface area contributed by atoms with Gasteiger partial charge in [0.25, 0.3) is 11.4 Å². The summed E-state index contributed by atoms with van der Waals surface area (Å²) in [7, 11) is 1.51. The Hall–Kier alpha value is -4.72. The van der Waals surface area contributed by atoms with E-state index >= 15 is 0 Å². The third kappa shape index (κ3) is 3.15. The third-order valence-electron chi connectivity index (χ3n) is 6.27. The lowest BCUT2D eigenvalue weighted by molar-refractivity contribution is -0.155. The molecule has 36 heavy (non-hydrogen) atoms. The van der Waals surface area contributed by atoms with E-state index < -0.39 is 29.2 Å². The second-order valence-electron chi connectivity index (χ2n) is 8.17. The SMILES string of the molecule is CCOC(=O)C12C(=O)N(c3ccccc3)C(=O)N1C(C(=O)c1ccc(OC)cc1)=C2c1ccccc1. The third-order valence-corrected chi connectivity index (χ3v) is 6.27. The fourth-order valence-electron chi connectivity index (χ4n) is 4.67. The first-order valence-corrected chi connectivity index (χ1v) is 11.4. The van der Waals surface area contributed by atoms with Crippen molar-refractivity contribution in [2.45, 2.75) is 12.5 Å². The molecule has 3 aromatic rings. The van der Waals surface area contributed by atoms with Crippen molar-refractivity contribution in [3.05, 3.63) is 102 Å². The molecule has 3 amide bonds. The van der Waals surface area contributed by atoms with Gasteiger partial charge in [0.05, 0.1) is 19.4 Å². The highest BCUT2D eigenvalue weighted by Gasteiger charge is 2.74. The van der Waals surface area contributed by atoms with Crippen molar-refractivity contribution in [2.75, 3.05) is 18.6 Å². The number of benzene rings is 3. The summed E-state index contributed by atoms with van der Waals surface area (Å²) in [4.78, 5) is 56.9. The van der Waals surface area contributed by atoms with E-state index in [0.717, 1.165) is 9.80 Å². The number of ketones is 1. The molecule has 1 saturated heterocycles. The summed E-state index contributed by atoms with van der Waals surface area (Å²) in [5.74, 6) is -1.65. The van der Waals surface area contributed by atoms with Gasteiger partial charge in [0.2, 0.25) is 5.78 Å². The number of anilines is 1. The lowest BCUT2D eigenvalue weighted by atomic mass is 9.73. The van der Waals surface area contributed by atoms with Crippen molar-refractivity contribution in [3.8, 4) is 5.75 Å². The normalized spacial score (nSPS) is 18.6. The molecule has 0 bridgehead atoms. The van der Waals surface area contributed by atoms with Gasteiger partial charge < -0.3 is 9.47 Å². The number of amides is 3. The molecule has 0 N–H and O–H groups in total. The van der Waals surface area contributed by atoms with Crippen LogP contribution in [0.3, 0.4) is 0 Å². The quantitative estimate of drug-likeness (QED) is 0.218. The standard InChI is InChI=1S/C28H22N2O6/c1-3-36-26(33)28-22(18-10-6-4-7-11-18)23(24(31)19-14-16-21(35-2)17-15-19)30(28)27(34)29(25(28)32)20-12-8-5-9-13-20/h4-17H,3H2,1-2H3. The lowest BCUT2D eigenvalue weighted by Crippen LogP contribution is -2.65. The Morgan fingerprint density at radius 3 is 2.06 bits per heavy atom. The van der Waals surface area contributed by atoms with Gasteiger partial charge in [0, 0.05) is 11.1 Å². The summed E-state index contributed by atoms with van der Waals surface area (Å²) < 4.78 is 10.5.